The van der Waals surface area contributed by atoms with Gasteiger partial charge in [0, 0.05) is 24.4 Å². The molecule has 1 fully saturated rings. The molecule has 1 unspecified atom stereocenters. The lowest BCUT2D eigenvalue weighted by Gasteiger charge is -2.23. The van der Waals surface area contributed by atoms with Crippen LogP contribution < -0.4 is 10.6 Å². The molecule has 0 aliphatic carbocycles. The number of amides is 3. The zero-order valence-electron chi connectivity index (χ0n) is 15.1. The van der Waals surface area contributed by atoms with E-state index in [1.807, 2.05) is 35.7 Å². The van der Waals surface area contributed by atoms with Crippen molar-refractivity contribution in [1.82, 2.24) is 20.5 Å². The van der Waals surface area contributed by atoms with E-state index in [0.29, 0.717) is 19.5 Å². The van der Waals surface area contributed by atoms with Crippen molar-refractivity contribution in [2.75, 3.05) is 13.1 Å². The second-order valence-electron chi connectivity index (χ2n) is 6.38. The molecule has 27 heavy (non-hydrogen) atoms. The van der Waals surface area contributed by atoms with E-state index in [1.165, 1.54) is 18.3 Å². The first kappa shape index (κ1) is 19.0. The molecule has 3 amide bonds. The molecule has 1 aliphatic rings. The summed E-state index contributed by atoms with van der Waals surface area (Å²) in [7, 11) is 0. The van der Waals surface area contributed by atoms with E-state index >= 15 is 0 Å². The van der Waals surface area contributed by atoms with Gasteiger partial charge < -0.3 is 15.5 Å². The van der Waals surface area contributed by atoms with Gasteiger partial charge in [0.15, 0.2) is 0 Å². The van der Waals surface area contributed by atoms with Crippen LogP contribution in [0.1, 0.15) is 25.5 Å². The van der Waals surface area contributed by atoms with Crippen molar-refractivity contribution in [2.24, 2.45) is 0 Å². The van der Waals surface area contributed by atoms with Crippen molar-refractivity contribution in [1.29, 1.82) is 0 Å². The van der Waals surface area contributed by atoms with Crippen LogP contribution in [0.3, 0.4) is 0 Å². The van der Waals surface area contributed by atoms with Crippen LogP contribution in [0.25, 0.3) is 10.6 Å². The third-order valence-corrected chi connectivity index (χ3v) is 5.32. The fraction of sp³-hybridized carbons (Fsp3) is 0.368. The van der Waals surface area contributed by atoms with Crippen LogP contribution >= 0.6 is 11.3 Å². The fourth-order valence-electron chi connectivity index (χ4n) is 3.04. The standard InChI is InChI=1S/C19H22N4O3S/c1-13(24)20-11-17(25)23-9-5-8-16(23)18(26)21-10-15-12-27-19(22-15)14-6-3-2-4-7-14/h2-4,6-7,12,16H,5,8-11H2,1H3,(H,20,24)(H,21,26). The number of carbonyl (C=O) groups excluding carboxylic acids is 3. The Bertz CT molecular complexity index is 821. The average Bonchev–Trinajstić information content (AvgIpc) is 3.34. The van der Waals surface area contributed by atoms with Crippen LogP contribution in [0.5, 0.6) is 0 Å². The van der Waals surface area contributed by atoms with Crippen LogP contribution in [0.15, 0.2) is 35.7 Å². The SMILES string of the molecule is CC(=O)NCC(=O)N1CCCC1C(=O)NCc1csc(-c2ccccc2)n1. The summed E-state index contributed by atoms with van der Waals surface area (Å²) in [5, 5.41) is 8.20. The van der Waals surface area contributed by atoms with Crippen LogP contribution in [0, 0.1) is 0 Å². The highest BCUT2D eigenvalue weighted by molar-refractivity contribution is 7.13. The summed E-state index contributed by atoms with van der Waals surface area (Å²) >= 11 is 1.53. The van der Waals surface area contributed by atoms with Crippen LogP contribution in [-0.2, 0) is 20.9 Å². The van der Waals surface area contributed by atoms with Gasteiger partial charge in [-0.05, 0) is 12.8 Å². The summed E-state index contributed by atoms with van der Waals surface area (Å²) in [6, 6.07) is 9.39. The molecular weight excluding hydrogens is 364 g/mol. The Hall–Kier alpha value is -2.74. The van der Waals surface area contributed by atoms with Gasteiger partial charge in [0.05, 0.1) is 18.8 Å². The number of nitrogens with zero attached hydrogens (tertiary/aromatic N) is 2. The third kappa shape index (κ3) is 4.91. The molecule has 1 aromatic carbocycles. The van der Waals surface area contributed by atoms with Gasteiger partial charge in [-0.2, -0.15) is 0 Å². The van der Waals surface area contributed by atoms with Crippen LogP contribution in [0.4, 0.5) is 0 Å². The van der Waals surface area contributed by atoms with E-state index in [2.05, 4.69) is 15.6 Å². The second kappa shape index (κ2) is 8.77. The summed E-state index contributed by atoms with van der Waals surface area (Å²) in [6.45, 7) is 2.14. The van der Waals surface area contributed by atoms with Crippen LogP contribution in [0.2, 0.25) is 0 Å². The van der Waals surface area contributed by atoms with Gasteiger partial charge >= 0.3 is 0 Å². The summed E-state index contributed by atoms with van der Waals surface area (Å²) in [6.07, 6.45) is 1.41. The van der Waals surface area contributed by atoms with Crippen molar-refractivity contribution in [3.8, 4) is 10.6 Å². The Kier molecular flexibility index (Phi) is 6.18. The first-order valence-corrected chi connectivity index (χ1v) is 9.74. The van der Waals surface area contributed by atoms with Crippen LogP contribution in [-0.4, -0.2) is 46.7 Å². The molecule has 8 heteroatoms. The average molecular weight is 386 g/mol. The van der Waals surface area contributed by atoms with Crippen molar-refractivity contribution >= 4 is 29.1 Å². The Morgan fingerprint density at radius 1 is 1.22 bits per heavy atom. The van der Waals surface area contributed by atoms with Crippen molar-refractivity contribution < 1.29 is 14.4 Å². The van der Waals surface area contributed by atoms with Gasteiger partial charge in [-0.25, -0.2) is 4.98 Å². The van der Waals surface area contributed by atoms with E-state index < -0.39 is 6.04 Å². The molecule has 1 aromatic heterocycles. The lowest BCUT2D eigenvalue weighted by Crippen LogP contribution is -2.48. The molecule has 2 heterocycles. The number of thiazole rings is 1. The highest BCUT2D eigenvalue weighted by Gasteiger charge is 2.33. The fourth-order valence-corrected chi connectivity index (χ4v) is 3.86. The van der Waals surface area contributed by atoms with Crippen molar-refractivity contribution in [3.05, 3.63) is 41.4 Å². The number of aromatic nitrogens is 1. The minimum absolute atomic E-state index is 0.0777. The number of hydrogen-bond donors (Lipinski definition) is 2. The molecule has 142 valence electrons. The smallest absolute Gasteiger partial charge is 0.243 e. The molecule has 1 saturated heterocycles. The number of rotatable bonds is 6. The van der Waals surface area contributed by atoms with E-state index in [4.69, 9.17) is 0 Å². The minimum atomic E-state index is -0.488. The van der Waals surface area contributed by atoms with Gasteiger partial charge in [-0.1, -0.05) is 30.3 Å². The normalized spacial score (nSPS) is 16.2. The molecule has 0 saturated carbocycles. The number of likely N-dealkylation sites (tertiary alicyclic amines) is 1. The Morgan fingerprint density at radius 3 is 2.74 bits per heavy atom. The first-order valence-electron chi connectivity index (χ1n) is 8.86. The summed E-state index contributed by atoms with van der Waals surface area (Å²) in [5.41, 5.74) is 1.84. The monoisotopic (exact) mass is 386 g/mol. The second-order valence-corrected chi connectivity index (χ2v) is 7.24. The third-order valence-electron chi connectivity index (χ3n) is 4.38. The predicted molar refractivity (Wildman–Crippen MR) is 103 cm³/mol. The zero-order chi connectivity index (χ0) is 19.2. The van der Waals surface area contributed by atoms with Gasteiger partial charge in [-0.3, -0.25) is 14.4 Å². The zero-order valence-corrected chi connectivity index (χ0v) is 15.9. The summed E-state index contributed by atoms with van der Waals surface area (Å²) < 4.78 is 0. The predicted octanol–water partition coefficient (Wildman–Crippen LogP) is 1.55. The molecule has 2 aromatic rings. The summed E-state index contributed by atoms with van der Waals surface area (Å²) in [5.74, 6) is -0.679. The molecule has 3 rings (SSSR count). The number of benzene rings is 1. The van der Waals surface area contributed by atoms with E-state index in [9.17, 15) is 14.4 Å². The van der Waals surface area contributed by atoms with Crippen molar-refractivity contribution in [3.63, 3.8) is 0 Å². The molecule has 7 nitrogen and oxygen atoms in total. The maximum absolute atomic E-state index is 12.5. The highest BCUT2D eigenvalue weighted by Crippen LogP contribution is 2.23. The molecule has 0 spiro atoms. The van der Waals surface area contributed by atoms with Gasteiger partial charge in [0.25, 0.3) is 0 Å². The number of carbonyl (C=O) groups is 3. The Balaban J connectivity index is 1.55. The number of nitrogens with one attached hydrogen (secondary N) is 2. The quantitative estimate of drug-likeness (QED) is 0.788. The van der Waals surface area contributed by atoms with E-state index in [1.54, 1.807) is 4.90 Å². The van der Waals surface area contributed by atoms with E-state index in [0.717, 1.165) is 22.7 Å². The van der Waals surface area contributed by atoms with Gasteiger partial charge in [0.2, 0.25) is 17.7 Å². The molecule has 0 bridgehead atoms. The first-order chi connectivity index (χ1) is 13.0. The van der Waals surface area contributed by atoms with Gasteiger partial charge in [0.1, 0.15) is 11.0 Å². The lowest BCUT2D eigenvalue weighted by molar-refractivity contribution is -0.138. The van der Waals surface area contributed by atoms with E-state index in [-0.39, 0.29) is 24.3 Å². The maximum atomic E-state index is 12.5. The highest BCUT2D eigenvalue weighted by atomic mass is 32.1. The molecule has 1 aliphatic heterocycles. The topological polar surface area (TPSA) is 91.4 Å². The largest absolute Gasteiger partial charge is 0.349 e. The molecule has 2 N–H and O–H groups in total. The minimum Gasteiger partial charge on any atom is -0.349 e. The molecule has 0 radical (unpaired) electrons. The number of hydrogen-bond acceptors (Lipinski definition) is 5. The summed E-state index contributed by atoms with van der Waals surface area (Å²) in [4.78, 5) is 41.8. The maximum Gasteiger partial charge on any atom is 0.243 e. The molecular formula is C19H22N4O3S. The van der Waals surface area contributed by atoms with Crippen molar-refractivity contribution in [2.45, 2.75) is 32.4 Å². The Labute approximate surface area is 161 Å². The molecule has 1 atom stereocenters. The Morgan fingerprint density at radius 2 is 2.00 bits per heavy atom. The van der Waals surface area contributed by atoms with Gasteiger partial charge in [-0.15, -0.1) is 11.3 Å². The lowest BCUT2D eigenvalue weighted by atomic mass is 10.2.